The van der Waals surface area contributed by atoms with Crippen molar-refractivity contribution in [2.24, 2.45) is 0 Å². The van der Waals surface area contributed by atoms with Gasteiger partial charge in [-0.2, -0.15) is 0 Å². The van der Waals surface area contributed by atoms with Crippen molar-refractivity contribution in [3.63, 3.8) is 0 Å². The number of para-hydroxylation sites is 1. The molecule has 0 unspecified atom stereocenters. The zero-order valence-corrected chi connectivity index (χ0v) is 11.0. The van der Waals surface area contributed by atoms with Gasteiger partial charge in [-0.05, 0) is 24.6 Å². The normalized spacial score (nSPS) is 10.8. The standard InChI is InChI=1S/C16H13NO3/c1-10-5-7-11(8-6-10)9-14-17-15-12(16(18)19)3-2-4-13(15)20-14/h2-8H,9H2,1H3,(H,18,19). The summed E-state index contributed by atoms with van der Waals surface area (Å²) in [5.74, 6) is -0.469. The van der Waals surface area contributed by atoms with Crippen LogP contribution in [0.25, 0.3) is 11.1 Å². The molecule has 100 valence electrons. The van der Waals surface area contributed by atoms with Gasteiger partial charge < -0.3 is 9.52 Å². The Morgan fingerprint density at radius 2 is 1.95 bits per heavy atom. The molecular formula is C16H13NO3. The number of aromatic carboxylic acids is 1. The van der Waals surface area contributed by atoms with Crippen LogP contribution < -0.4 is 0 Å². The van der Waals surface area contributed by atoms with Crippen LogP contribution in [-0.4, -0.2) is 16.1 Å². The lowest BCUT2D eigenvalue weighted by Crippen LogP contribution is -1.97. The molecule has 0 spiro atoms. The fraction of sp³-hybridized carbons (Fsp3) is 0.125. The number of rotatable bonds is 3. The quantitative estimate of drug-likeness (QED) is 0.789. The SMILES string of the molecule is Cc1ccc(Cc2nc3c(C(=O)O)cccc3o2)cc1. The number of carboxylic acid groups (broad SMARTS) is 1. The van der Waals surface area contributed by atoms with Crippen LogP contribution in [0.3, 0.4) is 0 Å². The van der Waals surface area contributed by atoms with Gasteiger partial charge in [0.1, 0.15) is 5.52 Å². The van der Waals surface area contributed by atoms with Crippen LogP contribution in [0.1, 0.15) is 27.4 Å². The van der Waals surface area contributed by atoms with Gasteiger partial charge in [-0.1, -0.05) is 35.9 Å². The van der Waals surface area contributed by atoms with E-state index in [0.717, 1.165) is 5.56 Å². The van der Waals surface area contributed by atoms with Gasteiger partial charge in [0.15, 0.2) is 11.5 Å². The summed E-state index contributed by atoms with van der Waals surface area (Å²) < 4.78 is 5.62. The summed E-state index contributed by atoms with van der Waals surface area (Å²) in [6.45, 7) is 2.03. The minimum atomic E-state index is -0.995. The summed E-state index contributed by atoms with van der Waals surface area (Å²) >= 11 is 0. The molecule has 0 fully saturated rings. The van der Waals surface area contributed by atoms with Gasteiger partial charge in [-0.3, -0.25) is 0 Å². The van der Waals surface area contributed by atoms with E-state index in [1.807, 2.05) is 31.2 Å². The molecule has 0 aliphatic heterocycles. The third-order valence-corrected chi connectivity index (χ3v) is 3.17. The number of fused-ring (bicyclic) bond motifs is 1. The van der Waals surface area contributed by atoms with E-state index in [9.17, 15) is 4.79 Å². The second-order valence-electron chi connectivity index (χ2n) is 4.73. The topological polar surface area (TPSA) is 63.3 Å². The van der Waals surface area contributed by atoms with E-state index in [4.69, 9.17) is 9.52 Å². The Morgan fingerprint density at radius 3 is 2.65 bits per heavy atom. The number of aryl methyl sites for hydroxylation is 1. The Labute approximate surface area is 115 Å². The average molecular weight is 267 g/mol. The first-order chi connectivity index (χ1) is 9.63. The Morgan fingerprint density at radius 1 is 1.20 bits per heavy atom. The number of oxazole rings is 1. The molecule has 2 aromatic carbocycles. The molecule has 0 aliphatic carbocycles. The maximum absolute atomic E-state index is 11.1. The Bertz CT molecular complexity index is 772. The average Bonchev–Trinajstić information content (AvgIpc) is 2.83. The Hall–Kier alpha value is -2.62. The van der Waals surface area contributed by atoms with Crippen molar-refractivity contribution in [2.75, 3.05) is 0 Å². The van der Waals surface area contributed by atoms with Gasteiger partial charge >= 0.3 is 5.97 Å². The number of benzene rings is 2. The lowest BCUT2D eigenvalue weighted by atomic mass is 10.1. The van der Waals surface area contributed by atoms with Crippen molar-refractivity contribution in [2.45, 2.75) is 13.3 Å². The predicted octanol–water partition coefficient (Wildman–Crippen LogP) is 3.43. The van der Waals surface area contributed by atoms with E-state index in [1.54, 1.807) is 12.1 Å². The number of nitrogens with zero attached hydrogens (tertiary/aromatic N) is 1. The molecule has 0 saturated heterocycles. The largest absolute Gasteiger partial charge is 0.478 e. The van der Waals surface area contributed by atoms with Gasteiger partial charge in [0, 0.05) is 6.42 Å². The molecular weight excluding hydrogens is 254 g/mol. The molecule has 1 aromatic heterocycles. The summed E-state index contributed by atoms with van der Waals surface area (Å²) in [5.41, 5.74) is 3.36. The van der Waals surface area contributed by atoms with E-state index in [1.165, 1.54) is 11.6 Å². The predicted molar refractivity (Wildman–Crippen MR) is 75.0 cm³/mol. The van der Waals surface area contributed by atoms with Crippen molar-refractivity contribution in [1.29, 1.82) is 0 Å². The molecule has 0 aliphatic rings. The number of carboxylic acids is 1. The fourth-order valence-corrected chi connectivity index (χ4v) is 2.12. The summed E-state index contributed by atoms with van der Waals surface area (Å²) in [5, 5.41) is 9.13. The van der Waals surface area contributed by atoms with E-state index >= 15 is 0 Å². The van der Waals surface area contributed by atoms with Gasteiger partial charge in [0.05, 0.1) is 5.56 Å². The van der Waals surface area contributed by atoms with Crippen molar-refractivity contribution in [3.8, 4) is 0 Å². The maximum atomic E-state index is 11.1. The lowest BCUT2D eigenvalue weighted by molar-refractivity contribution is 0.0699. The second-order valence-corrected chi connectivity index (χ2v) is 4.73. The Balaban J connectivity index is 1.99. The monoisotopic (exact) mass is 267 g/mol. The molecule has 3 aromatic rings. The van der Waals surface area contributed by atoms with Gasteiger partial charge in [-0.15, -0.1) is 0 Å². The second kappa shape index (κ2) is 4.81. The van der Waals surface area contributed by atoms with Crippen molar-refractivity contribution in [3.05, 3.63) is 65.0 Å². The third kappa shape index (κ3) is 2.28. The molecule has 0 saturated carbocycles. The first kappa shape index (κ1) is 12.4. The minimum absolute atomic E-state index is 0.168. The summed E-state index contributed by atoms with van der Waals surface area (Å²) in [6, 6.07) is 13.0. The Kier molecular flexibility index (Phi) is 2.99. The van der Waals surface area contributed by atoms with E-state index in [0.29, 0.717) is 23.4 Å². The highest BCUT2D eigenvalue weighted by atomic mass is 16.4. The van der Waals surface area contributed by atoms with Crippen LogP contribution in [0, 0.1) is 6.92 Å². The van der Waals surface area contributed by atoms with Crippen LogP contribution in [0.4, 0.5) is 0 Å². The summed E-state index contributed by atoms with van der Waals surface area (Å²) in [6.07, 6.45) is 0.550. The van der Waals surface area contributed by atoms with Gasteiger partial charge in [0.2, 0.25) is 0 Å². The molecule has 4 heteroatoms. The minimum Gasteiger partial charge on any atom is -0.478 e. The van der Waals surface area contributed by atoms with Crippen molar-refractivity contribution in [1.82, 2.24) is 4.98 Å². The number of hydrogen-bond acceptors (Lipinski definition) is 3. The summed E-state index contributed by atoms with van der Waals surface area (Å²) in [4.78, 5) is 15.4. The molecule has 3 rings (SSSR count). The number of hydrogen-bond donors (Lipinski definition) is 1. The first-order valence-corrected chi connectivity index (χ1v) is 6.31. The van der Waals surface area contributed by atoms with Gasteiger partial charge in [0.25, 0.3) is 0 Å². The molecule has 1 heterocycles. The zero-order chi connectivity index (χ0) is 14.1. The van der Waals surface area contributed by atoms with Crippen LogP contribution in [0.2, 0.25) is 0 Å². The first-order valence-electron chi connectivity index (χ1n) is 6.31. The highest BCUT2D eigenvalue weighted by Crippen LogP contribution is 2.21. The van der Waals surface area contributed by atoms with Gasteiger partial charge in [-0.25, -0.2) is 9.78 Å². The highest BCUT2D eigenvalue weighted by molar-refractivity contribution is 6.00. The molecule has 1 N–H and O–H groups in total. The van der Waals surface area contributed by atoms with Crippen LogP contribution in [0.5, 0.6) is 0 Å². The van der Waals surface area contributed by atoms with Crippen LogP contribution in [-0.2, 0) is 6.42 Å². The number of carbonyl (C=O) groups is 1. The van der Waals surface area contributed by atoms with E-state index in [2.05, 4.69) is 4.98 Å². The van der Waals surface area contributed by atoms with Crippen molar-refractivity contribution >= 4 is 17.1 Å². The van der Waals surface area contributed by atoms with Crippen molar-refractivity contribution < 1.29 is 14.3 Å². The van der Waals surface area contributed by atoms with E-state index in [-0.39, 0.29) is 5.56 Å². The third-order valence-electron chi connectivity index (χ3n) is 3.17. The smallest absolute Gasteiger partial charge is 0.338 e. The molecule has 20 heavy (non-hydrogen) atoms. The van der Waals surface area contributed by atoms with E-state index < -0.39 is 5.97 Å². The highest BCUT2D eigenvalue weighted by Gasteiger charge is 2.14. The molecule has 0 amide bonds. The zero-order valence-electron chi connectivity index (χ0n) is 11.0. The van der Waals surface area contributed by atoms with Crippen LogP contribution >= 0.6 is 0 Å². The molecule has 4 nitrogen and oxygen atoms in total. The molecule has 0 bridgehead atoms. The number of aromatic nitrogens is 1. The molecule has 0 atom stereocenters. The summed E-state index contributed by atoms with van der Waals surface area (Å²) in [7, 11) is 0. The molecule has 0 radical (unpaired) electrons. The maximum Gasteiger partial charge on any atom is 0.338 e. The lowest BCUT2D eigenvalue weighted by Gasteiger charge is -1.97. The fourth-order valence-electron chi connectivity index (χ4n) is 2.12. The van der Waals surface area contributed by atoms with Crippen LogP contribution in [0.15, 0.2) is 46.9 Å².